The summed E-state index contributed by atoms with van der Waals surface area (Å²) in [4.78, 5) is 8.99. The fraction of sp³-hybridized carbons (Fsp3) is 0.389. The molecule has 138 valence electrons. The molecule has 0 amide bonds. The summed E-state index contributed by atoms with van der Waals surface area (Å²) in [5, 5.41) is 14.7. The maximum Gasteiger partial charge on any atom is 0.191 e. The minimum Gasteiger partial charge on any atom is -0.372 e. The molecule has 0 radical (unpaired) electrons. The molecule has 1 fully saturated rings. The van der Waals surface area contributed by atoms with Crippen molar-refractivity contribution in [3.05, 3.63) is 41.0 Å². The molecule has 1 unspecified atom stereocenters. The van der Waals surface area contributed by atoms with Gasteiger partial charge in [-0.1, -0.05) is 24.8 Å². The van der Waals surface area contributed by atoms with Gasteiger partial charge in [-0.2, -0.15) is 0 Å². The van der Waals surface area contributed by atoms with E-state index in [-0.39, 0.29) is 12.0 Å². The largest absolute Gasteiger partial charge is 0.372 e. The first-order valence-electron chi connectivity index (χ1n) is 8.51. The van der Waals surface area contributed by atoms with E-state index in [0.29, 0.717) is 22.4 Å². The Balaban J connectivity index is 1.80. The van der Waals surface area contributed by atoms with Crippen molar-refractivity contribution in [1.82, 2.24) is 9.97 Å². The molecule has 5 nitrogen and oxygen atoms in total. The van der Waals surface area contributed by atoms with Gasteiger partial charge in [-0.15, -0.1) is 0 Å². The Morgan fingerprint density at radius 1 is 1.27 bits per heavy atom. The molecule has 3 rings (SSSR count). The number of hydrogen-bond acceptors (Lipinski definition) is 6. The fourth-order valence-electron chi connectivity index (χ4n) is 2.79. The van der Waals surface area contributed by atoms with Crippen LogP contribution in [0, 0.1) is 17.0 Å². The molecule has 2 atom stereocenters. The van der Waals surface area contributed by atoms with Crippen LogP contribution in [0.4, 0.5) is 20.4 Å². The third-order valence-corrected chi connectivity index (χ3v) is 5.28. The topological polar surface area (TPSA) is 73.7 Å². The van der Waals surface area contributed by atoms with Gasteiger partial charge in [0.2, 0.25) is 0 Å². The second-order valence-corrected chi connectivity index (χ2v) is 7.19. The lowest BCUT2D eigenvalue weighted by molar-refractivity contribution is 0.507. The quantitative estimate of drug-likeness (QED) is 0.364. The van der Waals surface area contributed by atoms with Crippen molar-refractivity contribution in [2.24, 2.45) is 0 Å². The highest BCUT2D eigenvalue weighted by atomic mass is 32.2. The van der Waals surface area contributed by atoms with Crippen molar-refractivity contribution >= 4 is 29.6 Å². The second-order valence-electron chi connectivity index (χ2n) is 6.13. The molecule has 0 bridgehead atoms. The van der Waals surface area contributed by atoms with E-state index in [9.17, 15) is 8.78 Å². The van der Waals surface area contributed by atoms with Gasteiger partial charge in [0, 0.05) is 31.0 Å². The molecule has 2 aromatic rings. The number of aromatic nitrogens is 2. The molecule has 0 spiro atoms. The lowest BCUT2D eigenvalue weighted by atomic mass is 10.1. The number of hydrogen-bond donors (Lipinski definition) is 3. The van der Waals surface area contributed by atoms with Crippen LogP contribution in [-0.4, -0.2) is 35.0 Å². The number of nitrogens with zero attached hydrogens (tertiary/aromatic N) is 2. The molecule has 1 saturated carbocycles. The SMILES string of the molecule is CCCSc1nc(NC)c(C=N)c(N[C@@H]2CC2c2ccc(F)c(F)c2)n1. The van der Waals surface area contributed by atoms with Gasteiger partial charge in [0.1, 0.15) is 11.6 Å². The van der Waals surface area contributed by atoms with Crippen LogP contribution in [0.2, 0.25) is 0 Å². The van der Waals surface area contributed by atoms with Crippen molar-refractivity contribution in [2.45, 2.75) is 36.9 Å². The third kappa shape index (κ3) is 3.95. The first-order chi connectivity index (χ1) is 12.6. The van der Waals surface area contributed by atoms with E-state index in [1.807, 2.05) is 0 Å². The van der Waals surface area contributed by atoms with E-state index in [1.54, 1.807) is 24.9 Å². The highest BCUT2D eigenvalue weighted by Gasteiger charge is 2.39. The summed E-state index contributed by atoms with van der Waals surface area (Å²) >= 11 is 1.56. The molecule has 1 heterocycles. The maximum absolute atomic E-state index is 13.5. The van der Waals surface area contributed by atoms with Crippen LogP contribution < -0.4 is 10.6 Å². The van der Waals surface area contributed by atoms with Gasteiger partial charge in [-0.3, -0.25) is 0 Å². The highest BCUT2D eigenvalue weighted by Crippen LogP contribution is 2.43. The fourth-order valence-corrected chi connectivity index (χ4v) is 3.48. The minimum atomic E-state index is -0.836. The minimum absolute atomic E-state index is 0.0715. The number of thioether (sulfide) groups is 1. The average molecular weight is 377 g/mol. The summed E-state index contributed by atoms with van der Waals surface area (Å²) in [7, 11) is 1.76. The average Bonchev–Trinajstić information content (AvgIpc) is 3.40. The van der Waals surface area contributed by atoms with Crippen molar-refractivity contribution in [3.8, 4) is 0 Å². The van der Waals surface area contributed by atoms with E-state index < -0.39 is 11.6 Å². The van der Waals surface area contributed by atoms with Crippen LogP contribution in [0.3, 0.4) is 0 Å². The van der Waals surface area contributed by atoms with Gasteiger partial charge in [0.05, 0.1) is 5.56 Å². The zero-order valence-electron chi connectivity index (χ0n) is 14.6. The molecular formula is C18H21F2N5S. The molecule has 1 aromatic carbocycles. The summed E-state index contributed by atoms with van der Waals surface area (Å²) in [6.45, 7) is 2.09. The standard InChI is InChI=1S/C18H21F2N5S/c1-3-6-26-18-24-16(22-2)12(9-21)17(25-18)23-15-8-11(15)10-4-5-13(19)14(20)7-10/h4-5,7,9,11,15,21H,3,6,8H2,1-2H3,(H2,22,23,24,25)/t11?,15-/m1/s1. The number of rotatable bonds is 8. The second kappa shape index (κ2) is 7.99. The van der Waals surface area contributed by atoms with Gasteiger partial charge in [-0.05, 0) is 30.5 Å². The van der Waals surface area contributed by atoms with Gasteiger partial charge in [0.15, 0.2) is 16.8 Å². The predicted octanol–water partition coefficient (Wildman–Crippen LogP) is 4.26. The van der Waals surface area contributed by atoms with Crippen molar-refractivity contribution in [2.75, 3.05) is 23.4 Å². The van der Waals surface area contributed by atoms with E-state index in [0.717, 1.165) is 30.2 Å². The molecule has 8 heteroatoms. The Morgan fingerprint density at radius 2 is 2.04 bits per heavy atom. The molecule has 1 aromatic heterocycles. The lowest BCUT2D eigenvalue weighted by Crippen LogP contribution is -2.12. The van der Waals surface area contributed by atoms with Crippen LogP contribution in [0.1, 0.15) is 36.8 Å². The Morgan fingerprint density at radius 3 is 2.69 bits per heavy atom. The van der Waals surface area contributed by atoms with Gasteiger partial charge < -0.3 is 16.0 Å². The summed E-state index contributed by atoms with van der Waals surface area (Å²) in [6, 6.07) is 4.10. The van der Waals surface area contributed by atoms with Crippen LogP contribution >= 0.6 is 11.8 Å². The van der Waals surface area contributed by atoms with Crippen LogP contribution in [0.15, 0.2) is 23.4 Å². The first-order valence-corrected chi connectivity index (χ1v) is 9.50. The van der Waals surface area contributed by atoms with E-state index >= 15 is 0 Å². The summed E-state index contributed by atoms with van der Waals surface area (Å²) in [5.74, 6) is 0.536. The van der Waals surface area contributed by atoms with Gasteiger partial charge in [0.25, 0.3) is 0 Å². The monoisotopic (exact) mass is 377 g/mol. The van der Waals surface area contributed by atoms with Crippen LogP contribution in [0.5, 0.6) is 0 Å². The van der Waals surface area contributed by atoms with E-state index in [2.05, 4.69) is 27.5 Å². The van der Waals surface area contributed by atoms with Gasteiger partial charge >= 0.3 is 0 Å². The molecule has 0 aliphatic heterocycles. The molecule has 1 aliphatic carbocycles. The Bertz CT molecular complexity index is 814. The summed E-state index contributed by atoms with van der Waals surface area (Å²) in [6.07, 6.45) is 3.04. The molecule has 0 saturated heterocycles. The Labute approximate surface area is 155 Å². The number of anilines is 2. The normalized spacial score (nSPS) is 18.5. The summed E-state index contributed by atoms with van der Waals surface area (Å²) < 4.78 is 26.6. The molecule has 3 N–H and O–H groups in total. The number of benzene rings is 1. The van der Waals surface area contributed by atoms with Crippen molar-refractivity contribution < 1.29 is 8.78 Å². The van der Waals surface area contributed by atoms with Crippen LogP contribution in [-0.2, 0) is 0 Å². The molecule has 26 heavy (non-hydrogen) atoms. The molecular weight excluding hydrogens is 356 g/mol. The summed E-state index contributed by atoms with van der Waals surface area (Å²) in [5.41, 5.74) is 1.35. The van der Waals surface area contributed by atoms with E-state index in [4.69, 9.17) is 5.41 Å². The van der Waals surface area contributed by atoms with Crippen molar-refractivity contribution in [3.63, 3.8) is 0 Å². The smallest absolute Gasteiger partial charge is 0.191 e. The molecule has 1 aliphatic rings. The number of halogens is 2. The Kier molecular flexibility index (Phi) is 5.70. The zero-order valence-corrected chi connectivity index (χ0v) is 15.5. The van der Waals surface area contributed by atoms with E-state index in [1.165, 1.54) is 12.3 Å². The van der Waals surface area contributed by atoms with Gasteiger partial charge in [-0.25, -0.2) is 18.7 Å². The Hall–Kier alpha value is -2.22. The highest BCUT2D eigenvalue weighted by molar-refractivity contribution is 7.99. The zero-order chi connectivity index (χ0) is 18.7. The lowest BCUT2D eigenvalue weighted by Gasteiger charge is -2.13. The first kappa shape index (κ1) is 18.6. The predicted molar refractivity (Wildman–Crippen MR) is 102 cm³/mol. The number of nitrogens with one attached hydrogen (secondary N) is 3. The van der Waals surface area contributed by atoms with Crippen LogP contribution in [0.25, 0.3) is 0 Å². The third-order valence-electron chi connectivity index (χ3n) is 4.23. The van der Waals surface area contributed by atoms with Crippen molar-refractivity contribution in [1.29, 1.82) is 5.41 Å². The maximum atomic E-state index is 13.5.